The molecule has 20 heavy (non-hydrogen) atoms. The molecule has 0 spiro atoms. The van der Waals surface area contributed by atoms with Crippen molar-refractivity contribution in [2.24, 2.45) is 0 Å². The van der Waals surface area contributed by atoms with E-state index in [1.807, 2.05) is 0 Å². The summed E-state index contributed by atoms with van der Waals surface area (Å²) < 4.78 is 0. The van der Waals surface area contributed by atoms with Crippen molar-refractivity contribution in [3.8, 4) is 0 Å². The summed E-state index contributed by atoms with van der Waals surface area (Å²) in [6.45, 7) is 9.88. The van der Waals surface area contributed by atoms with Gasteiger partial charge in [0.25, 0.3) is 0 Å². The number of benzene rings is 2. The fourth-order valence-corrected chi connectivity index (χ4v) is 2.37. The lowest BCUT2D eigenvalue weighted by Crippen LogP contribution is -2.04. The van der Waals surface area contributed by atoms with Gasteiger partial charge in [-0.1, -0.05) is 70.2 Å². The summed E-state index contributed by atoms with van der Waals surface area (Å²) in [5, 5.41) is 3.58. The summed E-state index contributed by atoms with van der Waals surface area (Å²) in [7, 11) is 0. The highest BCUT2D eigenvalue weighted by molar-refractivity contribution is 5.55. The number of anilines is 1. The maximum atomic E-state index is 3.58. The van der Waals surface area contributed by atoms with Crippen LogP contribution in [0.5, 0.6) is 0 Å². The Bertz CT molecular complexity index is 541. The van der Waals surface area contributed by atoms with Crippen LogP contribution in [0.25, 0.3) is 0 Å². The van der Waals surface area contributed by atoms with Crippen LogP contribution in [0.2, 0.25) is 0 Å². The van der Waals surface area contributed by atoms with E-state index in [0.717, 1.165) is 6.54 Å². The van der Waals surface area contributed by atoms with Gasteiger partial charge in [0.1, 0.15) is 0 Å². The van der Waals surface area contributed by atoms with Gasteiger partial charge < -0.3 is 5.32 Å². The van der Waals surface area contributed by atoms with Crippen molar-refractivity contribution in [2.75, 3.05) is 5.32 Å². The lowest BCUT2D eigenvalue weighted by atomic mass is 9.94. The van der Waals surface area contributed by atoms with Crippen molar-refractivity contribution in [1.82, 2.24) is 0 Å². The Morgan fingerprint density at radius 2 is 1.55 bits per heavy atom. The third kappa shape index (κ3) is 3.63. The van der Waals surface area contributed by atoms with Crippen LogP contribution in [-0.4, -0.2) is 0 Å². The molecule has 2 aromatic carbocycles. The minimum absolute atomic E-state index is 0.534. The molecular formula is C19H25N. The van der Waals surface area contributed by atoms with E-state index in [4.69, 9.17) is 0 Å². The van der Waals surface area contributed by atoms with Crippen molar-refractivity contribution >= 4 is 5.69 Å². The van der Waals surface area contributed by atoms with E-state index >= 15 is 0 Å². The van der Waals surface area contributed by atoms with Gasteiger partial charge in [0.2, 0.25) is 0 Å². The van der Waals surface area contributed by atoms with E-state index in [2.05, 4.69) is 81.5 Å². The number of hydrogen-bond acceptors (Lipinski definition) is 1. The normalized spacial score (nSPS) is 11.1. The zero-order valence-electron chi connectivity index (χ0n) is 13.0. The van der Waals surface area contributed by atoms with Crippen molar-refractivity contribution < 1.29 is 0 Å². The highest BCUT2D eigenvalue weighted by Crippen LogP contribution is 2.28. The van der Waals surface area contributed by atoms with Crippen LogP contribution in [0.15, 0.2) is 48.5 Å². The molecule has 1 heteroatoms. The predicted molar refractivity (Wildman–Crippen MR) is 88.4 cm³/mol. The molecule has 2 aromatic rings. The Kier molecular flexibility index (Phi) is 4.84. The first-order valence-corrected chi connectivity index (χ1v) is 7.49. The van der Waals surface area contributed by atoms with Gasteiger partial charge in [-0.25, -0.2) is 0 Å². The summed E-state index contributed by atoms with van der Waals surface area (Å²) in [6, 6.07) is 17.4. The highest BCUT2D eigenvalue weighted by Gasteiger charge is 2.09. The average molecular weight is 267 g/mol. The second-order valence-corrected chi connectivity index (χ2v) is 6.00. The van der Waals surface area contributed by atoms with Crippen LogP contribution >= 0.6 is 0 Å². The molecule has 0 heterocycles. The molecule has 0 saturated carbocycles. The van der Waals surface area contributed by atoms with Crippen LogP contribution in [-0.2, 0) is 6.54 Å². The second-order valence-electron chi connectivity index (χ2n) is 6.00. The number of rotatable bonds is 5. The first kappa shape index (κ1) is 14.6. The zero-order valence-corrected chi connectivity index (χ0v) is 13.0. The Labute approximate surface area is 123 Å². The van der Waals surface area contributed by atoms with E-state index in [1.54, 1.807) is 0 Å². The van der Waals surface area contributed by atoms with Crippen LogP contribution in [0.3, 0.4) is 0 Å². The smallest absolute Gasteiger partial charge is 0.0400 e. The monoisotopic (exact) mass is 267 g/mol. The van der Waals surface area contributed by atoms with Gasteiger partial charge in [-0.3, -0.25) is 0 Å². The summed E-state index contributed by atoms with van der Waals surface area (Å²) in [4.78, 5) is 0. The maximum Gasteiger partial charge on any atom is 0.0400 e. The molecule has 0 atom stereocenters. The van der Waals surface area contributed by atoms with Gasteiger partial charge >= 0.3 is 0 Å². The first-order valence-electron chi connectivity index (χ1n) is 7.49. The highest BCUT2D eigenvalue weighted by atomic mass is 14.9. The van der Waals surface area contributed by atoms with Crippen molar-refractivity contribution in [1.29, 1.82) is 0 Å². The quantitative estimate of drug-likeness (QED) is 0.749. The topological polar surface area (TPSA) is 12.0 Å². The van der Waals surface area contributed by atoms with E-state index in [9.17, 15) is 0 Å². The van der Waals surface area contributed by atoms with E-state index in [1.165, 1.54) is 22.4 Å². The Balaban J connectivity index is 2.18. The van der Waals surface area contributed by atoms with E-state index in [-0.39, 0.29) is 0 Å². The minimum Gasteiger partial charge on any atom is -0.381 e. The summed E-state index contributed by atoms with van der Waals surface area (Å²) in [5.41, 5.74) is 5.40. The molecule has 0 aliphatic carbocycles. The van der Waals surface area contributed by atoms with Crippen molar-refractivity contribution in [3.05, 3.63) is 65.2 Å². The van der Waals surface area contributed by atoms with Gasteiger partial charge in [0.05, 0.1) is 0 Å². The van der Waals surface area contributed by atoms with E-state index in [0.29, 0.717) is 11.8 Å². The lowest BCUT2D eigenvalue weighted by molar-refractivity contribution is 0.833. The van der Waals surface area contributed by atoms with Crippen molar-refractivity contribution in [2.45, 2.75) is 46.1 Å². The standard InChI is InChI=1S/C19H25N/c1-14(2)17-10-11-19(18(12-17)15(3)4)20-13-16-8-6-5-7-9-16/h5-12,14-15,20H,13H2,1-4H3. The van der Waals surface area contributed by atoms with Crippen LogP contribution in [0.4, 0.5) is 5.69 Å². The Morgan fingerprint density at radius 3 is 2.15 bits per heavy atom. The molecule has 0 aromatic heterocycles. The van der Waals surface area contributed by atoms with Crippen LogP contribution in [0, 0.1) is 0 Å². The number of hydrogen-bond donors (Lipinski definition) is 1. The van der Waals surface area contributed by atoms with E-state index < -0.39 is 0 Å². The lowest BCUT2D eigenvalue weighted by Gasteiger charge is -2.17. The first-order chi connectivity index (χ1) is 9.58. The van der Waals surface area contributed by atoms with Crippen LogP contribution in [0.1, 0.15) is 56.2 Å². The second kappa shape index (κ2) is 6.60. The number of nitrogens with one attached hydrogen (secondary N) is 1. The molecule has 2 rings (SSSR count). The molecule has 0 bridgehead atoms. The molecule has 0 aliphatic heterocycles. The van der Waals surface area contributed by atoms with Gasteiger partial charge in [-0.05, 0) is 34.6 Å². The maximum absolute atomic E-state index is 3.58. The molecule has 0 radical (unpaired) electrons. The predicted octanol–water partition coefficient (Wildman–Crippen LogP) is 5.55. The molecule has 0 unspecified atom stereocenters. The fraction of sp³-hybridized carbons (Fsp3) is 0.368. The van der Waals surface area contributed by atoms with Crippen LogP contribution < -0.4 is 5.32 Å². The van der Waals surface area contributed by atoms with Crippen molar-refractivity contribution in [3.63, 3.8) is 0 Å². The largest absolute Gasteiger partial charge is 0.381 e. The molecule has 106 valence electrons. The van der Waals surface area contributed by atoms with Gasteiger partial charge in [0, 0.05) is 12.2 Å². The Hall–Kier alpha value is -1.76. The summed E-state index contributed by atoms with van der Waals surface area (Å²) in [5.74, 6) is 1.11. The molecule has 0 amide bonds. The molecular weight excluding hydrogens is 242 g/mol. The van der Waals surface area contributed by atoms with Gasteiger partial charge in [-0.2, -0.15) is 0 Å². The molecule has 0 aliphatic rings. The zero-order chi connectivity index (χ0) is 14.5. The minimum atomic E-state index is 0.534. The molecule has 1 nitrogen and oxygen atoms in total. The average Bonchev–Trinajstić information content (AvgIpc) is 2.45. The molecule has 0 fully saturated rings. The third-order valence-corrected chi connectivity index (χ3v) is 3.69. The summed E-state index contributed by atoms with van der Waals surface area (Å²) >= 11 is 0. The molecule has 1 N–H and O–H groups in total. The fourth-order valence-electron chi connectivity index (χ4n) is 2.37. The van der Waals surface area contributed by atoms with Gasteiger partial charge in [0.15, 0.2) is 0 Å². The summed E-state index contributed by atoms with van der Waals surface area (Å²) in [6.07, 6.45) is 0. The third-order valence-electron chi connectivity index (χ3n) is 3.69. The Morgan fingerprint density at radius 1 is 0.850 bits per heavy atom. The SMILES string of the molecule is CC(C)c1ccc(NCc2ccccc2)c(C(C)C)c1. The van der Waals surface area contributed by atoms with Gasteiger partial charge in [-0.15, -0.1) is 0 Å². The molecule has 0 saturated heterocycles.